The minimum Gasteiger partial charge on any atom is -0.253 e. The fourth-order valence-electron chi connectivity index (χ4n) is 2.89. The molecule has 0 radical (unpaired) electrons. The molecule has 2 nitrogen and oxygen atoms in total. The molecule has 0 fully saturated rings. The number of pyridine rings is 2. The Morgan fingerprint density at radius 2 is 1.50 bits per heavy atom. The SMILES string of the molecule is CCc1cc2c(ccc3nc(CC)c(C)cc32)nc1C. The number of hydrogen-bond acceptors (Lipinski definition) is 2. The molecular weight excluding hydrogens is 244 g/mol. The molecular formula is C18H20N2. The Balaban J connectivity index is 2.42. The highest BCUT2D eigenvalue weighted by atomic mass is 14.7. The summed E-state index contributed by atoms with van der Waals surface area (Å²) >= 11 is 0. The number of hydrogen-bond donors (Lipinski definition) is 0. The maximum absolute atomic E-state index is 4.79. The van der Waals surface area contributed by atoms with E-state index in [0.717, 1.165) is 29.6 Å². The third kappa shape index (κ3) is 1.96. The van der Waals surface area contributed by atoms with Crippen molar-refractivity contribution < 1.29 is 0 Å². The minimum absolute atomic E-state index is 0.978. The molecule has 1 aromatic carbocycles. The second kappa shape index (κ2) is 4.86. The van der Waals surface area contributed by atoms with Crippen LogP contribution in [-0.2, 0) is 12.8 Å². The summed E-state index contributed by atoms with van der Waals surface area (Å²) in [5.74, 6) is 0. The van der Waals surface area contributed by atoms with Crippen LogP contribution in [0.2, 0.25) is 0 Å². The molecule has 20 heavy (non-hydrogen) atoms. The first-order valence-electron chi connectivity index (χ1n) is 7.33. The summed E-state index contributed by atoms with van der Waals surface area (Å²) in [5, 5.41) is 2.45. The molecule has 0 aliphatic heterocycles. The molecule has 0 amide bonds. The van der Waals surface area contributed by atoms with Crippen molar-refractivity contribution in [2.45, 2.75) is 40.5 Å². The van der Waals surface area contributed by atoms with Gasteiger partial charge in [-0.05, 0) is 62.1 Å². The number of rotatable bonds is 2. The molecule has 0 saturated heterocycles. The van der Waals surface area contributed by atoms with Crippen LogP contribution in [0.4, 0.5) is 0 Å². The first-order chi connectivity index (χ1) is 9.63. The third-order valence-electron chi connectivity index (χ3n) is 4.10. The van der Waals surface area contributed by atoms with E-state index in [0.29, 0.717) is 0 Å². The second-order valence-corrected chi connectivity index (χ2v) is 5.39. The molecule has 0 saturated carbocycles. The average Bonchev–Trinajstić information content (AvgIpc) is 2.45. The normalized spacial score (nSPS) is 11.4. The lowest BCUT2D eigenvalue weighted by Crippen LogP contribution is -1.96. The first kappa shape index (κ1) is 13.0. The van der Waals surface area contributed by atoms with Gasteiger partial charge in [0.05, 0.1) is 11.0 Å². The molecule has 0 aliphatic carbocycles. The highest BCUT2D eigenvalue weighted by Crippen LogP contribution is 2.27. The van der Waals surface area contributed by atoms with Crippen molar-refractivity contribution in [3.63, 3.8) is 0 Å². The predicted octanol–water partition coefficient (Wildman–Crippen LogP) is 4.52. The molecule has 0 spiro atoms. The van der Waals surface area contributed by atoms with E-state index in [4.69, 9.17) is 9.97 Å². The van der Waals surface area contributed by atoms with Crippen molar-refractivity contribution in [2.75, 3.05) is 0 Å². The van der Waals surface area contributed by atoms with Crippen molar-refractivity contribution in [1.82, 2.24) is 9.97 Å². The quantitative estimate of drug-likeness (QED) is 0.636. The third-order valence-corrected chi connectivity index (χ3v) is 4.10. The second-order valence-electron chi connectivity index (χ2n) is 5.39. The van der Waals surface area contributed by atoms with E-state index in [-0.39, 0.29) is 0 Å². The Morgan fingerprint density at radius 1 is 0.850 bits per heavy atom. The van der Waals surface area contributed by atoms with E-state index in [1.165, 1.54) is 27.6 Å². The molecule has 102 valence electrons. The van der Waals surface area contributed by atoms with E-state index >= 15 is 0 Å². The van der Waals surface area contributed by atoms with Gasteiger partial charge in [-0.2, -0.15) is 0 Å². The van der Waals surface area contributed by atoms with E-state index in [2.05, 4.69) is 52.0 Å². The Kier molecular flexibility index (Phi) is 3.17. The first-order valence-corrected chi connectivity index (χ1v) is 7.33. The topological polar surface area (TPSA) is 25.8 Å². The van der Waals surface area contributed by atoms with Gasteiger partial charge in [-0.3, -0.25) is 9.97 Å². The summed E-state index contributed by atoms with van der Waals surface area (Å²) in [6.07, 6.45) is 2.00. The number of aryl methyl sites for hydroxylation is 4. The monoisotopic (exact) mass is 264 g/mol. The zero-order chi connectivity index (χ0) is 14.3. The molecule has 0 N–H and O–H groups in total. The van der Waals surface area contributed by atoms with Crippen LogP contribution in [0.3, 0.4) is 0 Å². The summed E-state index contributed by atoms with van der Waals surface area (Å²) in [7, 11) is 0. The van der Waals surface area contributed by atoms with Crippen LogP contribution >= 0.6 is 0 Å². The Hall–Kier alpha value is -1.96. The van der Waals surface area contributed by atoms with Gasteiger partial charge in [0.25, 0.3) is 0 Å². The van der Waals surface area contributed by atoms with Crippen LogP contribution < -0.4 is 0 Å². The average molecular weight is 264 g/mol. The van der Waals surface area contributed by atoms with E-state index in [1.54, 1.807) is 0 Å². The summed E-state index contributed by atoms with van der Waals surface area (Å²) in [6.45, 7) is 8.57. The highest BCUT2D eigenvalue weighted by molar-refractivity contribution is 6.05. The van der Waals surface area contributed by atoms with Crippen LogP contribution in [-0.4, -0.2) is 9.97 Å². The predicted molar refractivity (Wildman–Crippen MR) is 85.3 cm³/mol. The largest absolute Gasteiger partial charge is 0.253 e. The molecule has 2 aromatic heterocycles. The Morgan fingerprint density at radius 3 is 2.15 bits per heavy atom. The standard InChI is InChI=1S/C18H20N2/c1-5-13-10-15-14-9-11(3)16(6-2)20-18(14)8-7-17(15)19-12(13)4/h7-10H,5-6H2,1-4H3. The maximum Gasteiger partial charge on any atom is 0.0713 e. The Bertz CT molecular complexity index is 803. The molecule has 3 rings (SSSR count). The molecule has 2 heteroatoms. The van der Waals surface area contributed by atoms with Gasteiger partial charge >= 0.3 is 0 Å². The lowest BCUT2D eigenvalue weighted by Gasteiger charge is -2.10. The highest BCUT2D eigenvalue weighted by Gasteiger charge is 2.08. The molecule has 2 heterocycles. The zero-order valence-electron chi connectivity index (χ0n) is 12.6. The summed E-state index contributed by atoms with van der Waals surface area (Å²) in [6, 6.07) is 8.73. The van der Waals surface area contributed by atoms with Gasteiger partial charge in [0.1, 0.15) is 0 Å². The van der Waals surface area contributed by atoms with Gasteiger partial charge < -0.3 is 0 Å². The van der Waals surface area contributed by atoms with Gasteiger partial charge in [0.2, 0.25) is 0 Å². The van der Waals surface area contributed by atoms with Crippen molar-refractivity contribution in [1.29, 1.82) is 0 Å². The van der Waals surface area contributed by atoms with Gasteiger partial charge in [-0.25, -0.2) is 0 Å². The number of aromatic nitrogens is 2. The lowest BCUT2D eigenvalue weighted by atomic mass is 10.0. The summed E-state index contributed by atoms with van der Waals surface area (Å²) in [4.78, 5) is 9.53. The van der Waals surface area contributed by atoms with Crippen molar-refractivity contribution in [2.24, 2.45) is 0 Å². The van der Waals surface area contributed by atoms with Crippen LogP contribution in [0.1, 0.15) is 36.4 Å². The van der Waals surface area contributed by atoms with E-state index < -0.39 is 0 Å². The number of fused-ring (bicyclic) bond motifs is 3. The Labute approximate surface area is 119 Å². The van der Waals surface area contributed by atoms with Crippen molar-refractivity contribution in [3.05, 3.63) is 46.8 Å². The molecule has 0 unspecified atom stereocenters. The van der Waals surface area contributed by atoms with Crippen molar-refractivity contribution in [3.8, 4) is 0 Å². The van der Waals surface area contributed by atoms with Crippen LogP contribution in [0.5, 0.6) is 0 Å². The van der Waals surface area contributed by atoms with E-state index in [9.17, 15) is 0 Å². The maximum atomic E-state index is 4.79. The molecule has 0 bridgehead atoms. The van der Waals surface area contributed by atoms with Gasteiger partial charge in [-0.1, -0.05) is 13.8 Å². The zero-order valence-corrected chi connectivity index (χ0v) is 12.6. The molecule has 3 aromatic rings. The number of benzene rings is 1. The lowest BCUT2D eigenvalue weighted by molar-refractivity contribution is 1.03. The smallest absolute Gasteiger partial charge is 0.0713 e. The van der Waals surface area contributed by atoms with Gasteiger partial charge in [0, 0.05) is 22.2 Å². The van der Waals surface area contributed by atoms with E-state index in [1.807, 2.05) is 0 Å². The van der Waals surface area contributed by atoms with Crippen molar-refractivity contribution >= 4 is 21.8 Å². The summed E-state index contributed by atoms with van der Waals surface area (Å²) < 4.78 is 0. The van der Waals surface area contributed by atoms with Gasteiger partial charge in [0.15, 0.2) is 0 Å². The number of nitrogens with zero attached hydrogens (tertiary/aromatic N) is 2. The van der Waals surface area contributed by atoms with Crippen LogP contribution in [0, 0.1) is 13.8 Å². The van der Waals surface area contributed by atoms with Crippen LogP contribution in [0.25, 0.3) is 21.8 Å². The minimum atomic E-state index is 0.978. The fourth-order valence-corrected chi connectivity index (χ4v) is 2.89. The molecule has 0 aliphatic rings. The van der Waals surface area contributed by atoms with Crippen LogP contribution in [0.15, 0.2) is 24.3 Å². The van der Waals surface area contributed by atoms with Gasteiger partial charge in [-0.15, -0.1) is 0 Å². The molecule has 0 atom stereocenters. The summed E-state index contributed by atoms with van der Waals surface area (Å²) in [5.41, 5.74) is 7.06. The fraction of sp³-hybridized carbons (Fsp3) is 0.333.